The van der Waals surface area contributed by atoms with Gasteiger partial charge >= 0.3 is 0 Å². The van der Waals surface area contributed by atoms with Crippen LogP contribution in [-0.2, 0) is 0 Å². The van der Waals surface area contributed by atoms with Gasteiger partial charge in [0.15, 0.2) is 0 Å². The van der Waals surface area contributed by atoms with Crippen LogP contribution in [0.2, 0.25) is 5.02 Å². The normalized spacial score (nSPS) is 12.6. The number of nitrogens with zero attached hydrogens (tertiary/aromatic N) is 1. The van der Waals surface area contributed by atoms with Gasteiger partial charge in [-0.1, -0.05) is 41.9 Å². The molecule has 0 bridgehead atoms. The first-order valence-electron chi connectivity index (χ1n) is 6.44. The Morgan fingerprint density at radius 1 is 1.05 bits per heavy atom. The van der Waals surface area contributed by atoms with Crippen molar-refractivity contribution in [3.05, 3.63) is 76.4 Å². The van der Waals surface area contributed by atoms with E-state index in [4.69, 9.17) is 11.6 Å². The number of benzene rings is 2. The van der Waals surface area contributed by atoms with E-state index < -0.39 is 6.10 Å². The third-order valence-corrected chi connectivity index (χ3v) is 3.72. The van der Waals surface area contributed by atoms with Gasteiger partial charge in [-0.3, -0.25) is 4.98 Å². The highest BCUT2D eigenvalue weighted by molar-refractivity contribution is 6.30. The van der Waals surface area contributed by atoms with Crippen molar-refractivity contribution in [2.24, 2.45) is 0 Å². The number of fused-ring (bicyclic) bond motifs is 1. The summed E-state index contributed by atoms with van der Waals surface area (Å²) >= 11 is 5.97. The quantitative estimate of drug-likeness (QED) is 0.761. The van der Waals surface area contributed by atoms with Crippen molar-refractivity contribution in [2.75, 3.05) is 0 Å². The standard InChI is InChI=1S/C17H14ClNO/c1-11-10-13(18)7-8-14(11)17(20)15-6-2-4-12-5-3-9-19-16(12)15/h2-10,17,20H,1H3. The molecule has 1 unspecified atom stereocenters. The van der Waals surface area contributed by atoms with Crippen LogP contribution in [0.15, 0.2) is 54.7 Å². The molecule has 2 aromatic carbocycles. The summed E-state index contributed by atoms with van der Waals surface area (Å²) in [6.07, 6.45) is 1.04. The van der Waals surface area contributed by atoms with Crippen molar-refractivity contribution in [1.82, 2.24) is 4.98 Å². The second-order valence-electron chi connectivity index (χ2n) is 4.83. The number of aliphatic hydroxyl groups excluding tert-OH is 1. The SMILES string of the molecule is Cc1cc(Cl)ccc1C(O)c1cccc2cccnc12. The number of aromatic nitrogens is 1. The van der Waals surface area contributed by atoms with Gasteiger partial charge in [-0.25, -0.2) is 0 Å². The van der Waals surface area contributed by atoms with E-state index in [9.17, 15) is 5.11 Å². The van der Waals surface area contributed by atoms with Crippen LogP contribution in [0.1, 0.15) is 22.8 Å². The van der Waals surface area contributed by atoms with E-state index in [-0.39, 0.29) is 0 Å². The van der Waals surface area contributed by atoms with Crippen molar-refractivity contribution in [1.29, 1.82) is 0 Å². The number of aryl methyl sites for hydroxylation is 1. The van der Waals surface area contributed by atoms with Crippen LogP contribution in [0.3, 0.4) is 0 Å². The molecule has 3 heteroatoms. The Bertz CT molecular complexity index is 765. The summed E-state index contributed by atoms with van der Waals surface area (Å²) in [4.78, 5) is 4.39. The molecule has 3 aromatic rings. The third kappa shape index (κ3) is 2.28. The van der Waals surface area contributed by atoms with Crippen LogP contribution in [0.4, 0.5) is 0 Å². The third-order valence-electron chi connectivity index (χ3n) is 3.48. The lowest BCUT2D eigenvalue weighted by atomic mass is 9.96. The largest absolute Gasteiger partial charge is 0.384 e. The van der Waals surface area contributed by atoms with Crippen LogP contribution < -0.4 is 0 Å². The first kappa shape index (κ1) is 13.1. The number of para-hydroxylation sites is 1. The summed E-state index contributed by atoms with van der Waals surface area (Å²) in [6, 6.07) is 15.3. The van der Waals surface area contributed by atoms with Crippen LogP contribution in [0, 0.1) is 6.92 Å². The molecule has 0 aliphatic carbocycles. The Labute approximate surface area is 122 Å². The van der Waals surface area contributed by atoms with Crippen LogP contribution in [0.25, 0.3) is 10.9 Å². The summed E-state index contributed by atoms with van der Waals surface area (Å²) < 4.78 is 0. The maximum atomic E-state index is 10.7. The first-order chi connectivity index (χ1) is 9.66. The highest BCUT2D eigenvalue weighted by atomic mass is 35.5. The summed E-state index contributed by atoms with van der Waals surface area (Å²) in [5, 5.41) is 12.4. The van der Waals surface area contributed by atoms with Gasteiger partial charge in [-0.05, 0) is 36.2 Å². The number of aliphatic hydroxyl groups is 1. The second kappa shape index (κ2) is 5.23. The molecule has 0 aliphatic heterocycles. The summed E-state index contributed by atoms with van der Waals surface area (Å²) in [5.41, 5.74) is 3.47. The molecule has 0 radical (unpaired) electrons. The molecule has 1 heterocycles. The maximum absolute atomic E-state index is 10.7. The zero-order valence-corrected chi connectivity index (χ0v) is 11.8. The molecule has 0 spiro atoms. The van der Waals surface area contributed by atoms with Gasteiger partial charge in [0.2, 0.25) is 0 Å². The molecular formula is C17H14ClNO. The molecule has 0 aliphatic rings. The lowest BCUT2D eigenvalue weighted by Gasteiger charge is -2.16. The van der Waals surface area contributed by atoms with E-state index in [2.05, 4.69) is 4.98 Å². The molecule has 1 aromatic heterocycles. The predicted molar refractivity (Wildman–Crippen MR) is 82.0 cm³/mol. The fraction of sp³-hybridized carbons (Fsp3) is 0.118. The molecule has 20 heavy (non-hydrogen) atoms. The van der Waals surface area contributed by atoms with E-state index in [0.717, 1.165) is 27.6 Å². The molecule has 1 N–H and O–H groups in total. The Morgan fingerprint density at radius 2 is 1.85 bits per heavy atom. The van der Waals surface area contributed by atoms with E-state index in [1.54, 1.807) is 12.3 Å². The molecule has 1 atom stereocenters. The summed E-state index contributed by atoms with van der Waals surface area (Å²) in [6.45, 7) is 1.95. The van der Waals surface area contributed by atoms with Crippen LogP contribution >= 0.6 is 11.6 Å². The second-order valence-corrected chi connectivity index (χ2v) is 5.26. The van der Waals surface area contributed by atoms with Crippen molar-refractivity contribution < 1.29 is 5.11 Å². The van der Waals surface area contributed by atoms with Gasteiger partial charge in [-0.15, -0.1) is 0 Å². The molecule has 2 nitrogen and oxygen atoms in total. The van der Waals surface area contributed by atoms with Gasteiger partial charge in [0.25, 0.3) is 0 Å². The first-order valence-corrected chi connectivity index (χ1v) is 6.82. The van der Waals surface area contributed by atoms with E-state index in [0.29, 0.717) is 5.02 Å². The zero-order valence-electron chi connectivity index (χ0n) is 11.0. The van der Waals surface area contributed by atoms with Crippen molar-refractivity contribution in [3.8, 4) is 0 Å². The fourth-order valence-electron chi connectivity index (χ4n) is 2.46. The number of hydrogen-bond acceptors (Lipinski definition) is 2. The van der Waals surface area contributed by atoms with Gasteiger partial charge in [0.1, 0.15) is 6.10 Å². The average molecular weight is 284 g/mol. The number of pyridine rings is 1. The van der Waals surface area contributed by atoms with Crippen molar-refractivity contribution in [3.63, 3.8) is 0 Å². The zero-order chi connectivity index (χ0) is 14.1. The minimum Gasteiger partial charge on any atom is -0.384 e. The Hall–Kier alpha value is -1.90. The van der Waals surface area contributed by atoms with Gasteiger partial charge in [0, 0.05) is 22.2 Å². The molecule has 100 valence electrons. The number of rotatable bonds is 2. The Morgan fingerprint density at radius 3 is 2.65 bits per heavy atom. The van der Waals surface area contributed by atoms with Crippen molar-refractivity contribution in [2.45, 2.75) is 13.0 Å². The average Bonchev–Trinajstić information content (AvgIpc) is 2.46. The monoisotopic (exact) mass is 283 g/mol. The highest BCUT2D eigenvalue weighted by Crippen LogP contribution is 2.30. The lowest BCUT2D eigenvalue weighted by Crippen LogP contribution is -2.03. The minimum absolute atomic E-state index is 0.675. The summed E-state index contributed by atoms with van der Waals surface area (Å²) in [7, 11) is 0. The molecule has 0 saturated heterocycles. The smallest absolute Gasteiger partial charge is 0.106 e. The Kier molecular flexibility index (Phi) is 3.43. The topological polar surface area (TPSA) is 33.1 Å². The van der Waals surface area contributed by atoms with Gasteiger partial charge in [0.05, 0.1) is 5.52 Å². The van der Waals surface area contributed by atoms with E-state index in [1.165, 1.54) is 0 Å². The van der Waals surface area contributed by atoms with E-state index >= 15 is 0 Å². The predicted octanol–water partition coefficient (Wildman–Crippen LogP) is 4.28. The van der Waals surface area contributed by atoms with Gasteiger partial charge in [-0.2, -0.15) is 0 Å². The molecule has 0 amide bonds. The molecular weight excluding hydrogens is 270 g/mol. The fourth-order valence-corrected chi connectivity index (χ4v) is 2.69. The van der Waals surface area contributed by atoms with Crippen LogP contribution in [0.5, 0.6) is 0 Å². The maximum Gasteiger partial charge on any atom is 0.106 e. The summed E-state index contributed by atoms with van der Waals surface area (Å²) in [5.74, 6) is 0. The highest BCUT2D eigenvalue weighted by Gasteiger charge is 2.16. The lowest BCUT2D eigenvalue weighted by molar-refractivity contribution is 0.221. The number of halogens is 1. The van der Waals surface area contributed by atoms with Crippen molar-refractivity contribution >= 4 is 22.5 Å². The molecule has 0 saturated carbocycles. The van der Waals surface area contributed by atoms with Crippen LogP contribution in [-0.4, -0.2) is 10.1 Å². The number of hydrogen-bond donors (Lipinski definition) is 1. The van der Waals surface area contributed by atoms with Gasteiger partial charge < -0.3 is 5.11 Å². The van der Waals surface area contributed by atoms with E-state index in [1.807, 2.05) is 49.4 Å². The molecule has 3 rings (SSSR count). The molecule has 0 fully saturated rings. The minimum atomic E-state index is -0.703. The Balaban J connectivity index is 2.15.